The number of benzene rings is 2. The van der Waals surface area contributed by atoms with Gasteiger partial charge in [-0.15, -0.1) is 0 Å². The largest absolute Gasteiger partial charge is 0.744 e. The van der Waals surface area contributed by atoms with Crippen LogP contribution in [-0.4, -0.2) is 13.0 Å². The van der Waals surface area contributed by atoms with E-state index in [0.29, 0.717) is 21.2 Å². The maximum Gasteiger partial charge on any atom is 0.206 e. The summed E-state index contributed by atoms with van der Waals surface area (Å²) in [5.74, 6) is 5.81. The van der Waals surface area contributed by atoms with E-state index in [4.69, 9.17) is 29.0 Å². The van der Waals surface area contributed by atoms with E-state index in [1.807, 2.05) is 37.4 Å². The molecule has 0 aliphatic heterocycles. The summed E-state index contributed by atoms with van der Waals surface area (Å²) in [4.78, 5) is -0.0851. The SMILES string of the molecule is C=C(c1ccc[n+](N)c1)C(C)c1ccc(Cl)cc1Cl.Cc1cc(C)c(S(=O)(=O)[O-])c(C)c1. The first-order valence-electron chi connectivity index (χ1n) is 9.75. The van der Waals surface area contributed by atoms with Gasteiger partial charge < -0.3 is 4.55 Å². The predicted molar refractivity (Wildman–Crippen MR) is 129 cm³/mol. The highest BCUT2D eigenvalue weighted by Gasteiger charge is 2.16. The molecule has 0 bridgehead atoms. The van der Waals surface area contributed by atoms with Crippen LogP contribution in [-0.2, 0) is 10.1 Å². The van der Waals surface area contributed by atoms with Crippen LogP contribution in [0.15, 0.2) is 66.3 Å². The number of nitrogen functional groups attached to an aromatic ring is 1. The van der Waals surface area contributed by atoms with E-state index in [2.05, 4.69) is 13.5 Å². The smallest absolute Gasteiger partial charge is 0.206 e. The van der Waals surface area contributed by atoms with Gasteiger partial charge in [-0.1, -0.05) is 65.1 Å². The maximum absolute atomic E-state index is 10.8. The van der Waals surface area contributed by atoms with Crippen LogP contribution < -0.4 is 10.5 Å². The Kier molecular flexibility index (Phi) is 8.48. The molecule has 8 heteroatoms. The Balaban J connectivity index is 0.000000244. The van der Waals surface area contributed by atoms with E-state index in [1.54, 1.807) is 38.2 Å². The van der Waals surface area contributed by atoms with E-state index < -0.39 is 10.1 Å². The topological polar surface area (TPSA) is 87.1 Å². The number of halogens is 2. The third-order valence-electron chi connectivity index (χ3n) is 5.00. The second-order valence-electron chi connectivity index (χ2n) is 7.63. The molecule has 0 radical (unpaired) electrons. The highest BCUT2D eigenvalue weighted by Crippen LogP contribution is 2.35. The molecule has 2 aromatic carbocycles. The fourth-order valence-corrected chi connectivity index (χ4v) is 5.01. The molecular weight excluding hydrogens is 467 g/mol. The highest BCUT2D eigenvalue weighted by atomic mass is 35.5. The molecule has 1 heterocycles. The lowest BCUT2D eigenvalue weighted by molar-refractivity contribution is -0.639. The molecule has 1 unspecified atom stereocenters. The standard InChI is InChI=1S/C15H15Cl2N2.C9H12O3S/c1-10(12-4-3-7-19(18)9-12)11(2)14-6-5-13(16)8-15(14)17;1-6-4-7(2)9(8(3)5-6)13(10,11)12/h3-9,11H,1,18H2,2H3;4-5H,1-3H3,(H,10,11,12)/q+1;/p-1. The van der Waals surface area contributed by atoms with Crippen molar-refractivity contribution in [3.63, 3.8) is 0 Å². The fraction of sp³-hybridized carbons (Fsp3) is 0.208. The van der Waals surface area contributed by atoms with Crippen molar-refractivity contribution in [3.8, 4) is 0 Å². The van der Waals surface area contributed by atoms with Crippen LogP contribution in [0.2, 0.25) is 10.0 Å². The average molecular weight is 493 g/mol. The number of hydrogen-bond acceptors (Lipinski definition) is 4. The summed E-state index contributed by atoms with van der Waals surface area (Å²) in [6.07, 6.45) is 3.61. The number of pyridine rings is 1. The number of nitrogens with two attached hydrogens (primary N) is 1. The molecule has 0 aliphatic carbocycles. The molecular formula is C24H26Cl2N2O3S. The molecule has 1 atom stereocenters. The van der Waals surface area contributed by atoms with E-state index in [-0.39, 0.29) is 10.8 Å². The van der Waals surface area contributed by atoms with Gasteiger partial charge in [0.15, 0.2) is 6.20 Å². The van der Waals surface area contributed by atoms with Gasteiger partial charge >= 0.3 is 0 Å². The van der Waals surface area contributed by atoms with Crippen LogP contribution in [0.3, 0.4) is 0 Å². The summed E-state index contributed by atoms with van der Waals surface area (Å²) in [6, 6.07) is 12.8. The van der Waals surface area contributed by atoms with Crippen molar-refractivity contribution in [1.82, 2.24) is 0 Å². The molecule has 0 spiro atoms. The molecule has 5 nitrogen and oxygen atoms in total. The summed E-state index contributed by atoms with van der Waals surface area (Å²) >= 11 is 12.1. The lowest BCUT2D eigenvalue weighted by atomic mass is 9.90. The molecule has 2 N–H and O–H groups in total. The van der Waals surface area contributed by atoms with Crippen molar-refractivity contribution < 1.29 is 17.6 Å². The fourth-order valence-electron chi connectivity index (χ4n) is 3.53. The molecule has 0 amide bonds. The number of aromatic nitrogens is 1. The Bertz CT molecular complexity index is 1230. The van der Waals surface area contributed by atoms with Crippen molar-refractivity contribution in [2.24, 2.45) is 0 Å². The second-order valence-corrected chi connectivity index (χ2v) is 9.79. The number of aryl methyl sites for hydroxylation is 3. The summed E-state index contributed by atoms with van der Waals surface area (Å²) in [7, 11) is -4.33. The summed E-state index contributed by atoms with van der Waals surface area (Å²) in [5.41, 5.74) is 4.96. The van der Waals surface area contributed by atoms with Gasteiger partial charge in [-0.05, 0) is 61.2 Å². The first-order valence-corrected chi connectivity index (χ1v) is 11.9. The van der Waals surface area contributed by atoms with Crippen LogP contribution in [0.25, 0.3) is 5.57 Å². The summed E-state index contributed by atoms with van der Waals surface area (Å²) in [6.45, 7) is 11.3. The minimum atomic E-state index is -4.33. The van der Waals surface area contributed by atoms with E-state index in [9.17, 15) is 13.0 Å². The molecule has 32 heavy (non-hydrogen) atoms. The summed E-state index contributed by atoms with van der Waals surface area (Å²) < 4.78 is 34.0. The highest BCUT2D eigenvalue weighted by molar-refractivity contribution is 7.85. The number of nitrogens with zero attached hydrogens (tertiary/aromatic N) is 1. The molecule has 0 saturated carbocycles. The molecule has 1 aromatic heterocycles. The van der Waals surface area contributed by atoms with Gasteiger partial charge in [0.2, 0.25) is 6.20 Å². The van der Waals surface area contributed by atoms with Crippen molar-refractivity contribution in [1.29, 1.82) is 0 Å². The van der Waals surface area contributed by atoms with Gasteiger partial charge in [-0.2, -0.15) is 0 Å². The minimum Gasteiger partial charge on any atom is -0.744 e. The zero-order chi connectivity index (χ0) is 24.2. The number of rotatable bonds is 4. The minimum absolute atomic E-state index is 0.0851. The molecule has 3 rings (SSSR count). The molecule has 3 aromatic rings. The van der Waals surface area contributed by atoms with Gasteiger partial charge in [0.1, 0.15) is 10.1 Å². The zero-order valence-electron chi connectivity index (χ0n) is 18.4. The van der Waals surface area contributed by atoms with E-state index in [0.717, 1.165) is 22.3 Å². The van der Waals surface area contributed by atoms with Crippen LogP contribution in [0.5, 0.6) is 0 Å². The van der Waals surface area contributed by atoms with Crippen molar-refractivity contribution in [3.05, 3.63) is 99.3 Å². The van der Waals surface area contributed by atoms with Crippen molar-refractivity contribution in [2.45, 2.75) is 38.5 Å². The normalized spacial score (nSPS) is 12.0. The third-order valence-corrected chi connectivity index (χ3v) is 6.71. The Labute approximate surface area is 199 Å². The third kappa shape index (κ3) is 6.56. The monoisotopic (exact) mass is 492 g/mol. The van der Waals surface area contributed by atoms with Gasteiger partial charge in [-0.25, -0.2) is 14.3 Å². The van der Waals surface area contributed by atoms with E-state index in [1.165, 1.54) is 4.68 Å². The van der Waals surface area contributed by atoms with E-state index >= 15 is 0 Å². The molecule has 0 fully saturated rings. The van der Waals surface area contributed by atoms with Gasteiger partial charge in [0.05, 0.1) is 4.90 Å². The Morgan fingerprint density at radius 1 is 1.09 bits per heavy atom. The van der Waals surface area contributed by atoms with Gasteiger partial charge in [0, 0.05) is 27.6 Å². The quantitative estimate of drug-likeness (QED) is 0.303. The van der Waals surface area contributed by atoms with Crippen molar-refractivity contribution >= 4 is 38.9 Å². The summed E-state index contributed by atoms with van der Waals surface area (Å²) in [5, 5.41) is 1.28. The Morgan fingerprint density at radius 2 is 1.69 bits per heavy atom. The second kappa shape index (κ2) is 10.5. The number of hydrogen-bond donors (Lipinski definition) is 1. The number of allylic oxidation sites excluding steroid dienone is 1. The maximum atomic E-state index is 10.8. The van der Waals surface area contributed by atoms with Crippen LogP contribution in [0.4, 0.5) is 0 Å². The lowest BCUT2D eigenvalue weighted by Crippen LogP contribution is -2.43. The van der Waals surface area contributed by atoms with Crippen LogP contribution >= 0.6 is 23.2 Å². The predicted octanol–water partition coefficient (Wildman–Crippen LogP) is 5.33. The Hall–Kier alpha value is -2.38. The first kappa shape index (κ1) is 25.9. The van der Waals surface area contributed by atoms with Crippen LogP contribution in [0, 0.1) is 20.8 Å². The Morgan fingerprint density at radius 3 is 2.19 bits per heavy atom. The molecule has 0 aliphatic rings. The zero-order valence-corrected chi connectivity index (χ0v) is 20.7. The van der Waals surface area contributed by atoms with Crippen LogP contribution in [0.1, 0.15) is 40.7 Å². The van der Waals surface area contributed by atoms with Crippen molar-refractivity contribution in [2.75, 3.05) is 5.84 Å². The van der Waals surface area contributed by atoms with Gasteiger partial charge in [0.25, 0.3) is 0 Å². The average Bonchev–Trinajstić information content (AvgIpc) is 2.65. The lowest BCUT2D eigenvalue weighted by Gasteiger charge is -2.16. The first-order chi connectivity index (χ1) is 14.8. The molecule has 0 saturated heterocycles. The van der Waals surface area contributed by atoms with Gasteiger partial charge in [-0.3, -0.25) is 0 Å². The molecule has 170 valence electrons.